The van der Waals surface area contributed by atoms with E-state index in [1.165, 1.54) is 18.4 Å². The number of hydrogen-bond donors (Lipinski definition) is 1. The van der Waals surface area contributed by atoms with Crippen molar-refractivity contribution in [2.75, 3.05) is 24.2 Å². The maximum Gasteiger partial charge on any atom is 0.244 e. The van der Waals surface area contributed by atoms with Crippen molar-refractivity contribution in [1.82, 2.24) is 10.2 Å². The molecule has 0 bridgehead atoms. The largest absolute Gasteiger partial charge is 0.495 e. The van der Waals surface area contributed by atoms with Crippen LogP contribution in [0.3, 0.4) is 0 Å². The van der Waals surface area contributed by atoms with Gasteiger partial charge in [-0.15, -0.1) is 0 Å². The molecular weight excluding hydrogens is 466 g/mol. The standard InChI is InChI=1S/C26H35N3O5S/c1-20(26(31)27-22-14-8-5-9-15-22)28(18-21-12-6-4-7-13-21)25(30)19-29(35(3,32)33)23-16-10-11-17-24(23)34-2/h4,6-7,10-13,16-17,20,22H,5,8-9,14-15,18-19H2,1-3H3,(H,27,31). The number of benzene rings is 2. The molecule has 1 aliphatic carbocycles. The van der Waals surface area contributed by atoms with Crippen LogP contribution in [0.4, 0.5) is 5.69 Å². The molecule has 2 aromatic rings. The van der Waals surface area contributed by atoms with Gasteiger partial charge >= 0.3 is 0 Å². The van der Waals surface area contributed by atoms with Gasteiger partial charge in [0.05, 0.1) is 19.1 Å². The lowest BCUT2D eigenvalue weighted by molar-refractivity contribution is -0.139. The van der Waals surface area contributed by atoms with Crippen LogP contribution in [-0.4, -0.2) is 57.1 Å². The van der Waals surface area contributed by atoms with Crippen LogP contribution in [0.2, 0.25) is 0 Å². The predicted octanol–water partition coefficient (Wildman–Crippen LogP) is 3.33. The van der Waals surface area contributed by atoms with Gasteiger partial charge in [0, 0.05) is 12.6 Å². The summed E-state index contributed by atoms with van der Waals surface area (Å²) in [5, 5.41) is 3.09. The third-order valence-electron chi connectivity index (χ3n) is 6.35. The molecule has 1 fully saturated rings. The summed E-state index contributed by atoms with van der Waals surface area (Å²) in [5.74, 6) is -0.371. The number of hydrogen-bond acceptors (Lipinski definition) is 5. The molecule has 8 nitrogen and oxygen atoms in total. The highest BCUT2D eigenvalue weighted by atomic mass is 32.2. The first-order chi connectivity index (χ1) is 16.7. The van der Waals surface area contributed by atoms with E-state index in [-0.39, 0.29) is 24.2 Å². The highest BCUT2D eigenvalue weighted by Gasteiger charge is 2.32. The van der Waals surface area contributed by atoms with Crippen LogP contribution >= 0.6 is 0 Å². The third kappa shape index (κ3) is 7.21. The molecule has 2 aromatic carbocycles. The van der Waals surface area contributed by atoms with E-state index in [0.717, 1.165) is 41.8 Å². The van der Waals surface area contributed by atoms with E-state index in [9.17, 15) is 18.0 Å². The predicted molar refractivity (Wildman–Crippen MR) is 137 cm³/mol. The zero-order chi connectivity index (χ0) is 25.4. The molecule has 0 aliphatic heterocycles. The molecule has 9 heteroatoms. The third-order valence-corrected chi connectivity index (χ3v) is 7.47. The number of ether oxygens (including phenoxy) is 1. The van der Waals surface area contributed by atoms with E-state index in [2.05, 4.69) is 5.32 Å². The molecule has 2 amide bonds. The van der Waals surface area contributed by atoms with E-state index in [1.54, 1.807) is 31.2 Å². The highest BCUT2D eigenvalue weighted by Crippen LogP contribution is 2.29. The minimum atomic E-state index is -3.82. The van der Waals surface area contributed by atoms with Crippen LogP contribution in [0.25, 0.3) is 0 Å². The average Bonchev–Trinajstić information content (AvgIpc) is 2.85. The summed E-state index contributed by atoms with van der Waals surface area (Å²) in [6.45, 7) is 1.42. The van der Waals surface area contributed by atoms with Crippen LogP contribution in [0.15, 0.2) is 54.6 Å². The Bertz CT molecular complexity index is 1100. The lowest BCUT2D eigenvalue weighted by Gasteiger charge is -2.33. The summed E-state index contributed by atoms with van der Waals surface area (Å²) in [4.78, 5) is 28.2. The number of carbonyl (C=O) groups is 2. The number of rotatable bonds is 10. The molecule has 3 rings (SSSR count). The Morgan fingerprint density at radius 2 is 1.66 bits per heavy atom. The van der Waals surface area contributed by atoms with E-state index in [1.807, 2.05) is 30.3 Å². The Morgan fingerprint density at radius 1 is 1.03 bits per heavy atom. The van der Waals surface area contributed by atoms with Gasteiger partial charge in [-0.2, -0.15) is 0 Å². The molecule has 0 spiro atoms. The second-order valence-corrected chi connectivity index (χ2v) is 10.9. The van der Waals surface area contributed by atoms with Crippen LogP contribution in [0.1, 0.15) is 44.6 Å². The zero-order valence-electron chi connectivity index (χ0n) is 20.6. The fourth-order valence-corrected chi connectivity index (χ4v) is 5.22. The fraction of sp³-hybridized carbons (Fsp3) is 0.462. The van der Waals surface area contributed by atoms with Gasteiger partial charge in [-0.05, 0) is 37.5 Å². The molecule has 1 atom stereocenters. The number of sulfonamides is 1. The van der Waals surface area contributed by atoms with Crippen molar-refractivity contribution < 1.29 is 22.7 Å². The molecule has 1 N–H and O–H groups in total. The minimum Gasteiger partial charge on any atom is -0.495 e. The Labute approximate surface area is 208 Å². The fourth-order valence-electron chi connectivity index (χ4n) is 4.36. The minimum absolute atomic E-state index is 0.105. The second kappa shape index (κ2) is 12.1. The van der Waals surface area contributed by atoms with Crippen molar-refractivity contribution in [3.63, 3.8) is 0 Å². The summed E-state index contributed by atoms with van der Waals surface area (Å²) in [5.41, 5.74) is 1.12. The quantitative estimate of drug-likeness (QED) is 0.539. The average molecular weight is 502 g/mol. The molecule has 1 aliphatic rings. The van der Waals surface area contributed by atoms with Crippen molar-refractivity contribution in [3.05, 3.63) is 60.2 Å². The van der Waals surface area contributed by atoms with Crippen LogP contribution in [-0.2, 0) is 26.2 Å². The van der Waals surface area contributed by atoms with E-state index in [4.69, 9.17) is 4.74 Å². The molecular formula is C26H35N3O5S. The van der Waals surface area contributed by atoms with Gasteiger partial charge < -0.3 is 15.0 Å². The Hall–Kier alpha value is -3.07. The maximum absolute atomic E-state index is 13.6. The smallest absolute Gasteiger partial charge is 0.244 e. The van der Waals surface area contributed by atoms with Gasteiger partial charge in [0.25, 0.3) is 0 Å². The number of para-hydroxylation sites is 2. The lowest BCUT2D eigenvalue weighted by Crippen LogP contribution is -2.53. The van der Waals surface area contributed by atoms with Crippen LogP contribution in [0.5, 0.6) is 5.75 Å². The monoisotopic (exact) mass is 501 g/mol. The Balaban J connectivity index is 1.87. The summed E-state index contributed by atoms with van der Waals surface area (Å²) >= 11 is 0. The summed E-state index contributed by atoms with van der Waals surface area (Å²) < 4.78 is 31.8. The molecule has 0 heterocycles. The summed E-state index contributed by atoms with van der Waals surface area (Å²) in [6.07, 6.45) is 6.24. The molecule has 0 radical (unpaired) electrons. The molecule has 190 valence electrons. The number of amides is 2. The second-order valence-electron chi connectivity index (χ2n) is 8.97. The normalized spacial score (nSPS) is 15.2. The number of nitrogens with zero attached hydrogens (tertiary/aromatic N) is 2. The highest BCUT2D eigenvalue weighted by molar-refractivity contribution is 7.92. The number of nitrogens with one attached hydrogen (secondary N) is 1. The summed E-state index contributed by atoms with van der Waals surface area (Å²) in [7, 11) is -2.37. The van der Waals surface area contributed by atoms with E-state index < -0.39 is 28.5 Å². The number of methoxy groups -OCH3 is 1. The van der Waals surface area contributed by atoms with Gasteiger partial charge in [-0.25, -0.2) is 8.42 Å². The first-order valence-corrected chi connectivity index (χ1v) is 13.8. The van der Waals surface area contributed by atoms with Gasteiger partial charge in [0.2, 0.25) is 21.8 Å². The van der Waals surface area contributed by atoms with Crippen molar-refractivity contribution in [3.8, 4) is 5.75 Å². The molecule has 35 heavy (non-hydrogen) atoms. The Morgan fingerprint density at radius 3 is 2.29 bits per heavy atom. The van der Waals surface area contributed by atoms with Crippen molar-refractivity contribution >= 4 is 27.5 Å². The van der Waals surface area contributed by atoms with Gasteiger partial charge in [0.15, 0.2) is 0 Å². The molecule has 1 saturated carbocycles. The van der Waals surface area contributed by atoms with Gasteiger partial charge in [0.1, 0.15) is 18.3 Å². The van der Waals surface area contributed by atoms with E-state index >= 15 is 0 Å². The lowest BCUT2D eigenvalue weighted by atomic mass is 9.95. The number of carbonyl (C=O) groups excluding carboxylic acids is 2. The molecule has 0 aromatic heterocycles. The van der Waals surface area contributed by atoms with Gasteiger partial charge in [-0.1, -0.05) is 61.7 Å². The topological polar surface area (TPSA) is 96.0 Å². The molecule has 0 saturated heterocycles. The summed E-state index contributed by atoms with van der Waals surface area (Å²) in [6, 6.07) is 15.3. The SMILES string of the molecule is COc1ccccc1N(CC(=O)N(Cc1ccccc1)C(C)C(=O)NC1CCCCC1)S(C)(=O)=O. The number of anilines is 1. The van der Waals surface area contributed by atoms with E-state index in [0.29, 0.717) is 5.75 Å². The zero-order valence-corrected chi connectivity index (χ0v) is 21.5. The van der Waals surface area contributed by atoms with Crippen molar-refractivity contribution in [2.45, 2.75) is 57.7 Å². The first kappa shape index (κ1) is 26.5. The maximum atomic E-state index is 13.6. The van der Waals surface area contributed by atoms with Crippen molar-refractivity contribution in [1.29, 1.82) is 0 Å². The van der Waals surface area contributed by atoms with Crippen LogP contribution < -0.4 is 14.4 Å². The van der Waals surface area contributed by atoms with Gasteiger partial charge in [-0.3, -0.25) is 13.9 Å². The molecule has 1 unspecified atom stereocenters. The first-order valence-electron chi connectivity index (χ1n) is 11.9. The Kier molecular flexibility index (Phi) is 9.14. The van der Waals surface area contributed by atoms with Crippen molar-refractivity contribution in [2.24, 2.45) is 0 Å². The van der Waals surface area contributed by atoms with Crippen LogP contribution in [0, 0.1) is 0 Å².